The van der Waals surface area contributed by atoms with Crippen LogP contribution in [0, 0.1) is 24.1 Å². The second-order valence-electron chi connectivity index (χ2n) is 12.5. The molecule has 5 atom stereocenters. The minimum Gasteiger partial charge on any atom is -0.466 e. The van der Waals surface area contributed by atoms with Gasteiger partial charge in [-0.2, -0.15) is 26.3 Å². The number of likely N-dealkylation sites (tertiary alicyclic amines) is 2. The van der Waals surface area contributed by atoms with Crippen molar-refractivity contribution >= 4 is 12.0 Å². The summed E-state index contributed by atoms with van der Waals surface area (Å²) in [5.41, 5.74) is -2.43. The van der Waals surface area contributed by atoms with E-state index in [-0.39, 0.29) is 36.1 Å². The SMILES string of the molecule is CCOC(=O)C12CC1CN([C@@H]1CCN(C(=O)N(C)[C@H](C)c3cc(C(F)(F)F)cc(C(F)(F)F)c3)[C@@H](c3ccc(F)cc3C)C1)C2. The van der Waals surface area contributed by atoms with E-state index in [1.54, 1.807) is 24.8 Å². The summed E-state index contributed by atoms with van der Waals surface area (Å²) in [5, 5.41) is 0. The maximum Gasteiger partial charge on any atom is 0.416 e. The largest absolute Gasteiger partial charge is 0.466 e. The van der Waals surface area contributed by atoms with Crippen molar-refractivity contribution in [2.75, 3.05) is 33.3 Å². The molecule has 0 radical (unpaired) electrons. The molecule has 2 aliphatic heterocycles. The minimum absolute atomic E-state index is 0.0110. The number of rotatable bonds is 6. The van der Waals surface area contributed by atoms with Crippen LogP contribution in [-0.4, -0.2) is 66.0 Å². The lowest BCUT2D eigenvalue weighted by Crippen LogP contribution is -2.52. The Bertz CT molecular complexity index is 1430. The highest BCUT2D eigenvalue weighted by atomic mass is 19.4. The molecule has 246 valence electrons. The van der Waals surface area contributed by atoms with Gasteiger partial charge in [0.1, 0.15) is 5.82 Å². The van der Waals surface area contributed by atoms with Gasteiger partial charge in [-0.3, -0.25) is 9.69 Å². The molecule has 45 heavy (non-hydrogen) atoms. The summed E-state index contributed by atoms with van der Waals surface area (Å²) in [6, 6.07) is 3.31. The van der Waals surface area contributed by atoms with Gasteiger partial charge in [-0.15, -0.1) is 0 Å². The third kappa shape index (κ3) is 6.37. The third-order valence-electron chi connectivity index (χ3n) is 9.76. The van der Waals surface area contributed by atoms with Gasteiger partial charge < -0.3 is 14.5 Å². The first-order valence-electron chi connectivity index (χ1n) is 15.0. The van der Waals surface area contributed by atoms with Crippen molar-refractivity contribution in [3.8, 4) is 0 Å². The van der Waals surface area contributed by atoms with Gasteiger partial charge in [0, 0.05) is 32.7 Å². The van der Waals surface area contributed by atoms with Crippen LogP contribution in [0.15, 0.2) is 36.4 Å². The highest BCUT2D eigenvalue weighted by Gasteiger charge is 2.66. The fourth-order valence-corrected chi connectivity index (χ4v) is 7.02. The molecular formula is C32H36F7N3O3. The predicted molar refractivity (Wildman–Crippen MR) is 150 cm³/mol. The summed E-state index contributed by atoms with van der Waals surface area (Å²) < 4.78 is 101. The number of hydrogen-bond acceptors (Lipinski definition) is 4. The molecule has 1 aliphatic carbocycles. The van der Waals surface area contributed by atoms with Crippen LogP contribution in [0.4, 0.5) is 35.5 Å². The Labute approximate surface area is 257 Å². The van der Waals surface area contributed by atoms with E-state index in [4.69, 9.17) is 4.74 Å². The summed E-state index contributed by atoms with van der Waals surface area (Å²) >= 11 is 0. The lowest BCUT2D eigenvalue weighted by Gasteiger charge is -2.45. The number of halogens is 7. The number of amides is 2. The van der Waals surface area contributed by atoms with Gasteiger partial charge in [-0.1, -0.05) is 6.07 Å². The Morgan fingerprint density at radius 3 is 2.29 bits per heavy atom. The Kier molecular flexibility index (Phi) is 8.65. The molecule has 3 fully saturated rings. The Morgan fingerprint density at radius 2 is 1.71 bits per heavy atom. The molecule has 0 spiro atoms. The smallest absolute Gasteiger partial charge is 0.416 e. The molecule has 0 aromatic heterocycles. The molecular weight excluding hydrogens is 607 g/mol. The lowest BCUT2D eigenvalue weighted by atomic mass is 9.88. The van der Waals surface area contributed by atoms with Gasteiger partial charge in [0.15, 0.2) is 0 Å². The van der Waals surface area contributed by atoms with E-state index in [9.17, 15) is 40.3 Å². The Balaban J connectivity index is 1.41. The number of piperidine rings is 2. The third-order valence-corrected chi connectivity index (χ3v) is 9.76. The summed E-state index contributed by atoms with van der Waals surface area (Å²) in [6.07, 6.45) is -8.28. The Morgan fingerprint density at radius 1 is 1.07 bits per heavy atom. The molecule has 2 aromatic carbocycles. The van der Waals surface area contributed by atoms with Crippen LogP contribution in [0.5, 0.6) is 0 Å². The van der Waals surface area contributed by atoms with Crippen LogP contribution in [0.2, 0.25) is 0 Å². The number of urea groups is 1. The fourth-order valence-electron chi connectivity index (χ4n) is 7.02. The zero-order valence-corrected chi connectivity index (χ0v) is 25.4. The van der Waals surface area contributed by atoms with Crippen molar-refractivity contribution < 1.29 is 45.1 Å². The first kappa shape index (κ1) is 33.0. The zero-order valence-electron chi connectivity index (χ0n) is 25.4. The number of ether oxygens (including phenoxy) is 1. The van der Waals surface area contributed by atoms with E-state index in [1.807, 2.05) is 0 Å². The van der Waals surface area contributed by atoms with E-state index in [0.717, 1.165) is 11.3 Å². The van der Waals surface area contributed by atoms with Crippen LogP contribution in [0.25, 0.3) is 0 Å². The molecule has 0 bridgehead atoms. The number of nitrogens with zero attached hydrogens (tertiary/aromatic N) is 3. The maximum atomic E-state index is 14.1. The number of carbonyl (C=O) groups is 2. The van der Waals surface area contributed by atoms with Gasteiger partial charge in [0.05, 0.1) is 35.2 Å². The molecule has 0 N–H and O–H groups in total. The van der Waals surface area contributed by atoms with E-state index in [2.05, 4.69) is 4.90 Å². The number of hydrogen-bond donors (Lipinski definition) is 0. The standard InChI is InChI=1S/C32H36F7N3O3/c1-5-45-28(43)30-15-23(30)16-41(17-30)25-8-9-42(27(14-25)26-7-6-24(33)10-18(26)2)29(44)40(4)19(3)20-11-21(31(34,35)36)13-22(12-20)32(37,38)39/h6-7,10-13,19,23,25,27H,5,8-9,14-17H2,1-4H3/t19-,23?,25-,27-,30?/m1/s1. The molecule has 1 saturated carbocycles. The van der Waals surface area contributed by atoms with Crippen LogP contribution < -0.4 is 0 Å². The number of carbonyl (C=O) groups excluding carboxylic acids is 2. The number of fused-ring (bicyclic) bond motifs is 1. The quantitative estimate of drug-likeness (QED) is 0.244. The molecule has 2 aromatic rings. The minimum atomic E-state index is -5.02. The van der Waals surface area contributed by atoms with Crippen molar-refractivity contribution in [1.29, 1.82) is 0 Å². The highest BCUT2D eigenvalue weighted by Crippen LogP contribution is 2.59. The number of esters is 1. The number of benzene rings is 2. The van der Waals surface area contributed by atoms with Crippen LogP contribution in [0.1, 0.15) is 73.0 Å². The Hall–Kier alpha value is -3.35. The molecule has 2 saturated heterocycles. The fraction of sp³-hybridized carbons (Fsp3) is 0.562. The molecule has 13 heteroatoms. The molecule has 2 unspecified atom stereocenters. The van der Waals surface area contributed by atoms with Gasteiger partial charge in [-0.25, -0.2) is 9.18 Å². The molecule has 5 rings (SSSR count). The summed E-state index contributed by atoms with van der Waals surface area (Å²) in [6.45, 7) is 6.65. The maximum absolute atomic E-state index is 14.1. The van der Waals surface area contributed by atoms with Gasteiger partial charge in [-0.05, 0) is 93.0 Å². The average Bonchev–Trinajstić information content (AvgIpc) is 3.55. The van der Waals surface area contributed by atoms with E-state index in [0.29, 0.717) is 55.8 Å². The molecule has 6 nitrogen and oxygen atoms in total. The predicted octanol–water partition coefficient (Wildman–Crippen LogP) is 7.38. The van der Waals surface area contributed by atoms with Crippen molar-refractivity contribution in [2.45, 2.75) is 70.5 Å². The van der Waals surface area contributed by atoms with Gasteiger partial charge in [0.25, 0.3) is 0 Å². The van der Waals surface area contributed by atoms with Crippen LogP contribution in [-0.2, 0) is 21.9 Å². The van der Waals surface area contributed by atoms with Crippen LogP contribution in [0.3, 0.4) is 0 Å². The first-order chi connectivity index (χ1) is 21.0. The monoisotopic (exact) mass is 643 g/mol. The summed E-state index contributed by atoms with van der Waals surface area (Å²) in [7, 11) is 1.35. The number of aryl methyl sites for hydroxylation is 1. The molecule has 3 aliphatic rings. The van der Waals surface area contributed by atoms with Crippen molar-refractivity contribution in [3.05, 3.63) is 70.0 Å². The van der Waals surface area contributed by atoms with Crippen LogP contribution >= 0.6 is 0 Å². The van der Waals surface area contributed by atoms with E-state index in [1.165, 1.54) is 26.1 Å². The first-order valence-corrected chi connectivity index (χ1v) is 15.0. The topological polar surface area (TPSA) is 53.1 Å². The van der Waals surface area contributed by atoms with Gasteiger partial charge >= 0.3 is 24.4 Å². The number of alkyl halides is 6. The molecule has 2 amide bonds. The van der Waals surface area contributed by atoms with Crippen molar-refractivity contribution in [2.24, 2.45) is 11.3 Å². The second-order valence-corrected chi connectivity index (χ2v) is 12.5. The van der Waals surface area contributed by atoms with Gasteiger partial charge in [0.2, 0.25) is 0 Å². The highest BCUT2D eigenvalue weighted by molar-refractivity contribution is 5.81. The normalized spacial score (nSPS) is 25.9. The van der Waals surface area contributed by atoms with Crippen molar-refractivity contribution in [3.63, 3.8) is 0 Å². The summed E-state index contributed by atoms with van der Waals surface area (Å²) in [5.74, 6) is -0.452. The average molecular weight is 644 g/mol. The lowest BCUT2D eigenvalue weighted by molar-refractivity contribution is -0.150. The van der Waals surface area contributed by atoms with E-state index >= 15 is 0 Å². The second kappa shape index (κ2) is 11.8. The molecule has 2 heterocycles. The summed E-state index contributed by atoms with van der Waals surface area (Å²) in [4.78, 5) is 31.6. The zero-order chi connectivity index (χ0) is 33.1. The van der Waals surface area contributed by atoms with E-state index < -0.39 is 52.8 Å². The van der Waals surface area contributed by atoms with Crippen molar-refractivity contribution in [1.82, 2.24) is 14.7 Å².